The van der Waals surface area contributed by atoms with E-state index in [9.17, 15) is 9.59 Å². The van der Waals surface area contributed by atoms with Crippen molar-refractivity contribution in [3.8, 4) is 0 Å². The maximum Gasteiger partial charge on any atom is 0.319 e. The number of hydrogen-bond donors (Lipinski definition) is 1. The lowest BCUT2D eigenvalue weighted by molar-refractivity contribution is -0.137. The van der Waals surface area contributed by atoms with Gasteiger partial charge in [0.1, 0.15) is 0 Å². The van der Waals surface area contributed by atoms with Gasteiger partial charge in [-0.25, -0.2) is 4.79 Å². The number of rotatable bonds is 7. The topological polar surface area (TPSA) is 60.9 Å². The largest absolute Gasteiger partial charge is 0.481 e. The van der Waals surface area contributed by atoms with Crippen LogP contribution in [0.5, 0.6) is 0 Å². The Morgan fingerprint density at radius 2 is 2.20 bits per heavy atom. The molecule has 0 radical (unpaired) electrons. The summed E-state index contributed by atoms with van der Waals surface area (Å²) in [5, 5.41) is 8.80. The predicted molar refractivity (Wildman–Crippen MR) is 78.7 cm³/mol. The average Bonchev–Trinajstić information content (AvgIpc) is 2.44. The Bertz CT molecular complexity index is 344. The van der Waals surface area contributed by atoms with E-state index in [1.807, 2.05) is 18.0 Å². The molecule has 0 saturated carbocycles. The van der Waals surface area contributed by atoms with Crippen molar-refractivity contribution in [1.82, 2.24) is 9.80 Å². The number of aliphatic carboxylic acids is 1. The molecule has 1 saturated heterocycles. The molecular weight excluding hydrogens is 256 g/mol. The number of hydrogen-bond acceptors (Lipinski definition) is 2. The van der Waals surface area contributed by atoms with Gasteiger partial charge in [0.2, 0.25) is 0 Å². The van der Waals surface area contributed by atoms with Crippen molar-refractivity contribution in [3.05, 3.63) is 12.7 Å². The molecule has 0 aromatic rings. The maximum atomic E-state index is 12.4. The number of allylic oxidation sites excluding steroid dienone is 1. The normalized spacial score (nSPS) is 18.6. The zero-order valence-electron chi connectivity index (χ0n) is 12.4. The van der Waals surface area contributed by atoms with Gasteiger partial charge in [0.15, 0.2) is 0 Å². The van der Waals surface area contributed by atoms with Gasteiger partial charge in [-0.15, -0.1) is 6.58 Å². The minimum atomic E-state index is -0.790. The summed E-state index contributed by atoms with van der Waals surface area (Å²) < 4.78 is 0. The Balaban J connectivity index is 2.52. The summed E-state index contributed by atoms with van der Waals surface area (Å²) in [6, 6.07) is 0.110. The summed E-state index contributed by atoms with van der Waals surface area (Å²) in [4.78, 5) is 26.7. The van der Waals surface area contributed by atoms with Crippen LogP contribution in [0, 0.1) is 0 Å². The molecule has 1 aliphatic rings. The molecule has 0 aliphatic carbocycles. The monoisotopic (exact) mass is 282 g/mol. The molecule has 1 atom stereocenters. The van der Waals surface area contributed by atoms with E-state index in [0.717, 1.165) is 38.6 Å². The Labute approximate surface area is 121 Å². The van der Waals surface area contributed by atoms with Crippen molar-refractivity contribution in [3.63, 3.8) is 0 Å². The summed E-state index contributed by atoms with van der Waals surface area (Å²) in [6.45, 7) is 5.14. The van der Waals surface area contributed by atoms with Crippen LogP contribution in [0.25, 0.3) is 0 Å². The van der Waals surface area contributed by atoms with Crippen LogP contribution in [-0.2, 0) is 4.79 Å². The molecule has 1 unspecified atom stereocenters. The molecule has 1 N–H and O–H groups in total. The molecule has 1 aliphatic heterocycles. The molecule has 20 heavy (non-hydrogen) atoms. The molecule has 0 bridgehead atoms. The van der Waals surface area contributed by atoms with Crippen LogP contribution in [0.3, 0.4) is 0 Å². The standard InChI is InChI=1S/C15H26N2O3/c1-3-4-6-11-16(2)15(20)17-12-7-5-8-13(17)9-10-14(18)19/h3,13H,1,4-12H2,2H3,(H,18,19). The maximum absolute atomic E-state index is 12.4. The molecular formula is C15H26N2O3. The van der Waals surface area contributed by atoms with Gasteiger partial charge in [-0.2, -0.15) is 0 Å². The molecule has 1 fully saturated rings. The number of nitrogens with zero attached hydrogens (tertiary/aromatic N) is 2. The summed E-state index contributed by atoms with van der Waals surface area (Å²) in [6.07, 6.45) is 7.37. The first kappa shape index (κ1) is 16.5. The summed E-state index contributed by atoms with van der Waals surface area (Å²) in [5.41, 5.74) is 0. The number of carboxylic acid groups (broad SMARTS) is 1. The van der Waals surface area contributed by atoms with Crippen LogP contribution in [0.15, 0.2) is 12.7 Å². The molecule has 0 aromatic carbocycles. The third-order valence-corrected chi connectivity index (χ3v) is 3.79. The van der Waals surface area contributed by atoms with Crippen LogP contribution in [0.1, 0.15) is 44.9 Å². The summed E-state index contributed by atoms with van der Waals surface area (Å²) in [7, 11) is 1.81. The van der Waals surface area contributed by atoms with Crippen LogP contribution in [-0.4, -0.2) is 53.1 Å². The first-order valence-corrected chi connectivity index (χ1v) is 7.40. The van der Waals surface area contributed by atoms with E-state index in [-0.39, 0.29) is 18.5 Å². The van der Waals surface area contributed by atoms with Crippen LogP contribution in [0.4, 0.5) is 4.79 Å². The fraction of sp³-hybridized carbons (Fsp3) is 0.733. The van der Waals surface area contributed by atoms with Gasteiger partial charge in [0.25, 0.3) is 0 Å². The average molecular weight is 282 g/mol. The number of piperidine rings is 1. The van der Waals surface area contributed by atoms with Crippen LogP contribution < -0.4 is 0 Å². The number of urea groups is 1. The number of carboxylic acids is 1. The van der Waals surface area contributed by atoms with Gasteiger partial charge in [0.05, 0.1) is 0 Å². The minimum Gasteiger partial charge on any atom is -0.481 e. The van der Waals surface area contributed by atoms with Crippen molar-refractivity contribution < 1.29 is 14.7 Å². The third kappa shape index (κ3) is 5.23. The zero-order chi connectivity index (χ0) is 15.0. The van der Waals surface area contributed by atoms with Gasteiger partial charge < -0.3 is 14.9 Å². The van der Waals surface area contributed by atoms with E-state index in [4.69, 9.17) is 5.11 Å². The third-order valence-electron chi connectivity index (χ3n) is 3.79. The summed E-state index contributed by atoms with van der Waals surface area (Å²) >= 11 is 0. The number of carbonyl (C=O) groups excluding carboxylic acids is 1. The number of unbranched alkanes of at least 4 members (excludes halogenated alkanes) is 1. The number of likely N-dealkylation sites (tertiary alicyclic amines) is 1. The van der Waals surface area contributed by atoms with E-state index in [0.29, 0.717) is 13.0 Å². The van der Waals surface area contributed by atoms with Gasteiger partial charge >= 0.3 is 12.0 Å². The van der Waals surface area contributed by atoms with Crippen molar-refractivity contribution in [1.29, 1.82) is 0 Å². The lowest BCUT2D eigenvalue weighted by Gasteiger charge is -2.38. The molecule has 1 heterocycles. The van der Waals surface area contributed by atoms with Gasteiger partial charge in [-0.1, -0.05) is 6.08 Å². The smallest absolute Gasteiger partial charge is 0.319 e. The van der Waals surface area contributed by atoms with E-state index in [1.54, 1.807) is 4.90 Å². The number of carbonyl (C=O) groups is 2. The first-order chi connectivity index (χ1) is 9.56. The highest BCUT2D eigenvalue weighted by atomic mass is 16.4. The molecule has 1 rings (SSSR count). The Morgan fingerprint density at radius 1 is 1.45 bits per heavy atom. The molecule has 0 aromatic heterocycles. The second kappa shape index (κ2) is 8.61. The highest BCUT2D eigenvalue weighted by molar-refractivity contribution is 5.74. The molecule has 5 nitrogen and oxygen atoms in total. The van der Waals surface area contributed by atoms with Gasteiger partial charge in [-0.3, -0.25) is 4.79 Å². The lowest BCUT2D eigenvalue weighted by Crippen LogP contribution is -2.49. The van der Waals surface area contributed by atoms with Crippen molar-refractivity contribution >= 4 is 12.0 Å². The SMILES string of the molecule is C=CCCCN(C)C(=O)N1CCCCC1CCC(=O)O. The molecule has 0 spiro atoms. The van der Waals surface area contributed by atoms with Gasteiger partial charge in [0, 0.05) is 32.6 Å². The zero-order valence-corrected chi connectivity index (χ0v) is 12.4. The minimum absolute atomic E-state index is 0.0316. The lowest BCUT2D eigenvalue weighted by atomic mass is 9.98. The Morgan fingerprint density at radius 3 is 2.85 bits per heavy atom. The van der Waals surface area contributed by atoms with E-state index < -0.39 is 5.97 Å². The number of amides is 2. The highest BCUT2D eigenvalue weighted by Gasteiger charge is 2.28. The highest BCUT2D eigenvalue weighted by Crippen LogP contribution is 2.22. The molecule has 114 valence electrons. The van der Waals surface area contributed by atoms with Gasteiger partial charge in [-0.05, 0) is 38.5 Å². The first-order valence-electron chi connectivity index (χ1n) is 7.40. The fourth-order valence-electron chi connectivity index (χ4n) is 2.63. The quantitative estimate of drug-likeness (QED) is 0.577. The van der Waals surface area contributed by atoms with E-state index in [2.05, 4.69) is 6.58 Å². The fourth-order valence-corrected chi connectivity index (χ4v) is 2.63. The Kier molecular flexibility index (Phi) is 7.12. The van der Waals surface area contributed by atoms with Crippen molar-refractivity contribution in [2.24, 2.45) is 0 Å². The van der Waals surface area contributed by atoms with Crippen molar-refractivity contribution in [2.75, 3.05) is 20.1 Å². The van der Waals surface area contributed by atoms with Crippen molar-refractivity contribution in [2.45, 2.75) is 51.0 Å². The van der Waals surface area contributed by atoms with E-state index in [1.165, 1.54) is 0 Å². The second-order valence-corrected chi connectivity index (χ2v) is 5.41. The summed E-state index contributed by atoms with van der Waals surface area (Å²) in [5.74, 6) is -0.790. The molecule has 2 amide bonds. The Hall–Kier alpha value is -1.52. The van der Waals surface area contributed by atoms with Crippen LogP contribution >= 0.6 is 0 Å². The second-order valence-electron chi connectivity index (χ2n) is 5.41. The molecule has 5 heteroatoms. The predicted octanol–water partition coefficient (Wildman–Crippen LogP) is 2.72. The van der Waals surface area contributed by atoms with E-state index >= 15 is 0 Å². The van der Waals surface area contributed by atoms with Crippen LogP contribution in [0.2, 0.25) is 0 Å².